The summed E-state index contributed by atoms with van der Waals surface area (Å²) in [6.07, 6.45) is -0.541. The van der Waals surface area contributed by atoms with Gasteiger partial charge in [-0.1, -0.05) is 6.92 Å². The van der Waals surface area contributed by atoms with Crippen molar-refractivity contribution in [1.82, 2.24) is 10.2 Å². The van der Waals surface area contributed by atoms with Crippen LogP contribution in [0.2, 0.25) is 0 Å². The molecule has 1 saturated heterocycles. The van der Waals surface area contributed by atoms with Crippen LogP contribution in [0, 0.1) is 11.6 Å². The summed E-state index contributed by atoms with van der Waals surface area (Å²) < 4.78 is 27.1. The summed E-state index contributed by atoms with van der Waals surface area (Å²) in [6, 6.07) is 3.09. The lowest BCUT2D eigenvalue weighted by Crippen LogP contribution is -2.40. The number of amides is 1. The molecule has 2 rings (SSSR count). The normalized spacial score (nSPS) is 23.7. The van der Waals surface area contributed by atoms with Crippen molar-refractivity contribution in [2.45, 2.75) is 39.0 Å². The molecule has 1 heterocycles. The Balaban J connectivity index is 2.29. The first-order chi connectivity index (χ1) is 9.95. The Morgan fingerprint density at radius 2 is 2.14 bits per heavy atom. The topological polar surface area (TPSA) is 32.3 Å². The number of halogens is 2. The Morgan fingerprint density at radius 3 is 2.76 bits per heavy atom. The number of rotatable bonds is 5. The molecule has 0 aromatic heterocycles. The van der Waals surface area contributed by atoms with E-state index in [-0.39, 0.29) is 18.0 Å². The number of carbonyl (C=O) groups excluding carboxylic acids is 1. The van der Waals surface area contributed by atoms with E-state index in [1.807, 2.05) is 6.92 Å². The molecule has 1 fully saturated rings. The number of nitrogens with zero attached hydrogens (tertiary/aromatic N) is 1. The van der Waals surface area contributed by atoms with Gasteiger partial charge in [-0.3, -0.25) is 10.1 Å². The molecule has 0 spiro atoms. The SMILES string of the molecule is CCSCC(C)N1C(=O)C(C)NC1c1ccc(F)cc1F. The van der Waals surface area contributed by atoms with Gasteiger partial charge in [-0.25, -0.2) is 8.78 Å². The van der Waals surface area contributed by atoms with Gasteiger partial charge in [0.15, 0.2) is 0 Å². The average molecular weight is 314 g/mol. The molecule has 3 atom stereocenters. The van der Waals surface area contributed by atoms with E-state index in [0.29, 0.717) is 5.56 Å². The molecule has 0 bridgehead atoms. The molecule has 0 radical (unpaired) electrons. The summed E-state index contributed by atoms with van der Waals surface area (Å²) >= 11 is 1.73. The molecule has 1 amide bonds. The Bertz CT molecular complexity index is 526. The number of nitrogens with one attached hydrogen (secondary N) is 1. The highest BCUT2D eigenvalue weighted by Gasteiger charge is 2.40. The molecule has 116 valence electrons. The van der Waals surface area contributed by atoms with Gasteiger partial charge in [0, 0.05) is 23.4 Å². The maximum absolute atomic E-state index is 14.0. The van der Waals surface area contributed by atoms with Gasteiger partial charge >= 0.3 is 0 Å². The third-order valence-electron chi connectivity index (χ3n) is 3.61. The number of hydrogen-bond donors (Lipinski definition) is 1. The highest BCUT2D eigenvalue weighted by Crippen LogP contribution is 2.30. The predicted molar refractivity (Wildman–Crippen MR) is 81.0 cm³/mol. The summed E-state index contributed by atoms with van der Waals surface area (Å²) in [5, 5.41) is 3.09. The lowest BCUT2D eigenvalue weighted by Gasteiger charge is -2.30. The first-order valence-electron chi connectivity index (χ1n) is 7.06. The second-order valence-electron chi connectivity index (χ2n) is 5.21. The van der Waals surface area contributed by atoms with Crippen LogP contribution >= 0.6 is 11.8 Å². The molecule has 1 aliphatic heterocycles. The summed E-state index contributed by atoms with van der Waals surface area (Å²) in [6.45, 7) is 5.77. The monoisotopic (exact) mass is 314 g/mol. The Hall–Kier alpha value is -1.14. The minimum atomic E-state index is -0.630. The van der Waals surface area contributed by atoms with Gasteiger partial charge in [-0.05, 0) is 31.7 Å². The maximum Gasteiger partial charge on any atom is 0.241 e. The molecule has 3 nitrogen and oxygen atoms in total. The van der Waals surface area contributed by atoms with Gasteiger partial charge in [0.05, 0.1) is 6.04 Å². The van der Waals surface area contributed by atoms with Crippen LogP contribution in [0.25, 0.3) is 0 Å². The number of thioether (sulfide) groups is 1. The standard InChI is InChI=1S/C15H20F2N2OS/c1-4-21-8-9(2)19-14(18-10(3)15(19)20)12-6-5-11(16)7-13(12)17/h5-7,9-10,14,18H,4,8H2,1-3H3. The molecule has 0 aliphatic carbocycles. The van der Waals surface area contributed by atoms with Crippen LogP contribution in [0.4, 0.5) is 8.78 Å². The van der Waals surface area contributed by atoms with Crippen molar-refractivity contribution in [3.8, 4) is 0 Å². The van der Waals surface area contributed by atoms with Crippen molar-refractivity contribution in [2.75, 3.05) is 11.5 Å². The van der Waals surface area contributed by atoms with E-state index >= 15 is 0 Å². The Kier molecular flexibility index (Phi) is 5.22. The fourth-order valence-corrected chi connectivity index (χ4v) is 3.28. The second-order valence-corrected chi connectivity index (χ2v) is 6.53. The van der Waals surface area contributed by atoms with E-state index in [9.17, 15) is 13.6 Å². The van der Waals surface area contributed by atoms with E-state index < -0.39 is 17.8 Å². The number of carbonyl (C=O) groups is 1. The summed E-state index contributed by atoms with van der Waals surface area (Å²) in [5.74, 6) is 0.457. The third-order valence-corrected chi connectivity index (χ3v) is 4.73. The van der Waals surface area contributed by atoms with Crippen LogP contribution in [-0.2, 0) is 4.79 Å². The molecule has 1 aromatic rings. The van der Waals surface area contributed by atoms with Crippen molar-refractivity contribution in [1.29, 1.82) is 0 Å². The molecule has 1 aromatic carbocycles. The fraction of sp³-hybridized carbons (Fsp3) is 0.533. The molecule has 21 heavy (non-hydrogen) atoms. The zero-order valence-electron chi connectivity index (χ0n) is 12.4. The zero-order chi connectivity index (χ0) is 15.6. The first-order valence-corrected chi connectivity index (χ1v) is 8.22. The Labute approximate surface area is 128 Å². The smallest absolute Gasteiger partial charge is 0.241 e. The third kappa shape index (κ3) is 3.37. The van der Waals surface area contributed by atoms with E-state index in [1.54, 1.807) is 23.6 Å². The first kappa shape index (κ1) is 16.2. The molecular formula is C15H20F2N2OS. The van der Waals surface area contributed by atoms with E-state index in [0.717, 1.165) is 17.6 Å². The summed E-state index contributed by atoms with van der Waals surface area (Å²) in [4.78, 5) is 14.0. The van der Waals surface area contributed by atoms with Gasteiger partial charge in [0.1, 0.15) is 17.8 Å². The van der Waals surface area contributed by atoms with Crippen LogP contribution < -0.4 is 5.32 Å². The quantitative estimate of drug-likeness (QED) is 0.907. The number of hydrogen-bond acceptors (Lipinski definition) is 3. The van der Waals surface area contributed by atoms with Crippen LogP contribution in [0.1, 0.15) is 32.5 Å². The fourth-order valence-electron chi connectivity index (χ4n) is 2.54. The van der Waals surface area contributed by atoms with Crippen LogP contribution in [0.15, 0.2) is 18.2 Å². The molecule has 1 aliphatic rings. The van der Waals surface area contributed by atoms with Crippen LogP contribution in [0.3, 0.4) is 0 Å². The summed E-state index contributed by atoms with van der Waals surface area (Å²) in [5.41, 5.74) is 0.308. The second kappa shape index (κ2) is 6.75. The lowest BCUT2D eigenvalue weighted by molar-refractivity contribution is -0.131. The van der Waals surface area contributed by atoms with Crippen molar-refractivity contribution in [3.63, 3.8) is 0 Å². The largest absolute Gasteiger partial charge is 0.318 e. The minimum Gasteiger partial charge on any atom is -0.318 e. The molecule has 1 N–H and O–H groups in total. The van der Waals surface area contributed by atoms with Crippen molar-refractivity contribution in [3.05, 3.63) is 35.4 Å². The molecular weight excluding hydrogens is 294 g/mol. The zero-order valence-corrected chi connectivity index (χ0v) is 13.2. The molecule has 3 unspecified atom stereocenters. The van der Waals surface area contributed by atoms with Crippen molar-refractivity contribution >= 4 is 17.7 Å². The Morgan fingerprint density at radius 1 is 1.43 bits per heavy atom. The van der Waals surface area contributed by atoms with Crippen molar-refractivity contribution in [2.24, 2.45) is 0 Å². The van der Waals surface area contributed by atoms with E-state index in [1.165, 1.54) is 12.1 Å². The number of benzene rings is 1. The van der Waals surface area contributed by atoms with Gasteiger partial charge in [-0.2, -0.15) is 11.8 Å². The van der Waals surface area contributed by atoms with Gasteiger partial charge in [0.25, 0.3) is 0 Å². The highest BCUT2D eigenvalue weighted by molar-refractivity contribution is 7.99. The van der Waals surface area contributed by atoms with Crippen LogP contribution in [-0.4, -0.2) is 34.4 Å². The van der Waals surface area contributed by atoms with E-state index in [4.69, 9.17) is 0 Å². The average Bonchev–Trinajstić information content (AvgIpc) is 2.72. The minimum absolute atomic E-state index is 0.0191. The molecule has 0 saturated carbocycles. The van der Waals surface area contributed by atoms with E-state index in [2.05, 4.69) is 12.2 Å². The van der Waals surface area contributed by atoms with Crippen LogP contribution in [0.5, 0.6) is 0 Å². The van der Waals surface area contributed by atoms with Gasteiger partial charge in [0.2, 0.25) is 5.91 Å². The van der Waals surface area contributed by atoms with Gasteiger partial charge in [-0.15, -0.1) is 0 Å². The highest BCUT2D eigenvalue weighted by atomic mass is 32.2. The molecule has 6 heteroatoms. The summed E-state index contributed by atoms with van der Waals surface area (Å²) in [7, 11) is 0. The maximum atomic E-state index is 14.0. The van der Waals surface area contributed by atoms with Gasteiger partial charge < -0.3 is 4.90 Å². The predicted octanol–water partition coefficient (Wildman–Crippen LogP) is 2.93. The lowest BCUT2D eigenvalue weighted by atomic mass is 10.1. The van der Waals surface area contributed by atoms with Crippen molar-refractivity contribution < 1.29 is 13.6 Å².